The lowest BCUT2D eigenvalue weighted by atomic mass is 10.2. The monoisotopic (exact) mass is 293 g/mol. The van der Waals surface area contributed by atoms with Crippen LogP contribution in [0.4, 0.5) is 5.69 Å². The van der Waals surface area contributed by atoms with Crippen LogP contribution in [0.2, 0.25) is 0 Å². The molecular weight excluding hydrogens is 282 g/mol. The normalized spacial score (nSPS) is 10.2. The van der Waals surface area contributed by atoms with Gasteiger partial charge in [0.25, 0.3) is 0 Å². The number of aryl methyl sites for hydroxylation is 1. The second kappa shape index (κ2) is 5.19. The van der Waals surface area contributed by atoms with Gasteiger partial charge in [0.2, 0.25) is 5.91 Å². The van der Waals surface area contributed by atoms with E-state index in [4.69, 9.17) is 4.42 Å². The Labute approximate surface area is 108 Å². The van der Waals surface area contributed by atoms with Crippen molar-refractivity contribution in [3.63, 3.8) is 0 Å². The lowest BCUT2D eigenvalue weighted by Crippen LogP contribution is -2.14. The van der Waals surface area contributed by atoms with Crippen LogP contribution in [-0.4, -0.2) is 5.91 Å². The molecule has 4 heteroatoms. The molecule has 0 aliphatic carbocycles. The molecule has 0 fully saturated rings. The second-order valence-corrected chi connectivity index (χ2v) is 4.64. The molecule has 3 nitrogen and oxygen atoms in total. The van der Waals surface area contributed by atoms with E-state index in [2.05, 4.69) is 21.2 Å². The summed E-state index contributed by atoms with van der Waals surface area (Å²) in [5.74, 6) is 0.565. The molecule has 0 bridgehead atoms. The lowest BCUT2D eigenvalue weighted by molar-refractivity contribution is -0.115. The van der Waals surface area contributed by atoms with Crippen LogP contribution in [0, 0.1) is 6.92 Å². The Morgan fingerprint density at radius 1 is 1.41 bits per heavy atom. The zero-order valence-electron chi connectivity index (χ0n) is 9.37. The summed E-state index contributed by atoms with van der Waals surface area (Å²) >= 11 is 3.42. The van der Waals surface area contributed by atoms with Crippen LogP contribution in [-0.2, 0) is 11.2 Å². The predicted octanol–water partition coefficient (Wildman–Crippen LogP) is 3.53. The van der Waals surface area contributed by atoms with Crippen molar-refractivity contribution in [2.24, 2.45) is 0 Å². The van der Waals surface area contributed by atoms with Crippen molar-refractivity contribution in [3.05, 3.63) is 52.4 Å². The van der Waals surface area contributed by atoms with Crippen LogP contribution in [0.3, 0.4) is 0 Å². The van der Waals surface area contributed by atoms with Crippen LogP contribution in [0.25, 0.3) is 0 Å². The Balaban J connectivity index is 2.03. The highest BCUT2D eigenvalue weighted by Crippen LogP contribution is 2.23. The molecule has 1 amide bonds. The Morgan fingerprint density at radius 3 is 2.88 bits per heavy atom. The quantitative estimate of drug-likeness (QED) is 0.941. The van der Waals surface area contributed by atoms with E-state index < -0.39 is 0 Å². The van der Waals surface area contributed by atoms with Gasteiger partial charge in [-0.05, 0) is 52.7 Å². The summed E-state index contributed by atoms with van der Waals surface area (Å²) in [4.78, 5) is 11.7. The fraction of sp³-hybridized carbons (Fsp3) is 0.154. The van der Waals surface area contributed by atoms with Crippen LogP contribution in [0.5, 0.6) is 0 Å². The fourth-order valence-electron chi connectivity index (χ4n) is 1.49. The standard InChI is InChI=1S/C13H12BrNO2/c1-9-4-5-12(11(14)7-9)15-13(16)8-10-3-2-6-17-10/h2-7H,8H2,1H3,(H,15,16). The number of carbonyl (C=O) groups excluding carboxylic acids is 1. The topological polar surface area (TPSA) is 42.2 Å². The number of benzene rings is 1. The molecule has 0 radical (unpaired) electrons. The van der Waals surface area contributed by atoms with Crippen molar-refractivity contribution in [3.8, 4) is 0 Å². The first-order valence-corrected chi connectivity index (χ1v) is 6.03. The molecule has 2 aromatic rings. The summed E-state index contributed by atoms with van der Waals surface area (Å²) in [7, 11) is 0. The zero-order valence-corrected chi connectivity index (χ0v) is 11.0. The van der Waals surface area contributed by atoms with Crippen molar-refractivity contribution in [2.45, 2.75) is 13.3 Å². The van der Waals surface area contributed by atoms with Gasteiger partial charge in [-0.15, -0.1) is 0 Å². The highest BCUT2D eigenvalue weighted by atomic mass is 79.9. The van der Waals surface area contributed by atoms with Gasteiger partial charge in [0.1, 0.15) is 5.76 Å². The van der Waals surface area contributed by atoms with Gasteiger partial charge in [-0.1, -0.05) is 6.07 Å². The molecule has 0 saturated carbocycles. The van der Waals surface area contributed by atoms with Gasteiger partial charge >= 0.3 is 0 Å². The van der Waals surface area contributed by atoms with Gasteiger partial charge in [0, 0.05) is 4.47 Å². The van der Waals surface area contributed by atoms with Gasteiger partial charge in [-0.25, -0.2) is 0 Å². The number of furan rings is 1. The first kappa shape index (κ1) is 11.9. The minimum atomic E-state index is -0.0931. The van der Waals surface area contributed by atoms with E-state index >= 15 is 0 Å². The largest absolute Gasteiger partial charge is 0.469 e. The molecule has 1 aromatic carbocycles. The number of anilines is 1. The SMILES string of the molecule is Cc1ccc(NC(=O)Cc2ccco2)c(Br)c1. The number of carbonyl (C=O) groups is 1. The number of hydrogen-bond donors (Lipinski definition) is 1. The van der Waals surface area contributed by atoms with Crippen LogP contribution < -0.4 is 5.32 Å². The Kier molecular flexibility index (Phi) is 3.64. The van der Waals surface area contributed by atoms with E-state index in [9.17, 15) is 4.79 Å². The molecule has 1 heterocycles. The number of rotatable bonds is 3. The molecule has 17 heavy (non-hydrogen) atoms. The van der Waals surface area contributed by atoms with Gasteiger partial charge in [0.15, 0.2) is 0 Å². The third-order valence-corrected chi connectivity index (χ3v) is 2.97. The number of hydrogen-bond acceptors (Lipinski definition) is 2. The molecule has 0 aliphatic rings. The fourth-order valence-corrected chi connectivity index (χ4v) is 2.08. The van der Waals surface area contributed by atoms with E-state index in [-0.39, 0.29) is 12.3 Å². The predicted molar refractivity (Wildman–Crippen MR) is 69.9 cm³/mol. The summed E-state index contributed by atoms with van der Waals surface area (Å²) in [6.45, 7) is 2.00. The summed E-state index contributed by atoms with van der Waals surface area (Å²) in [5.41, 5.74) is 1.91. The van der Waals surface area contributed by atoms with Gasteiger partial charge in [0.05, 0.1) is 18.4 Å². The summed E-state index contributed by atoms with van der Waals surface area (Å²) in [6.07, 6.45) is 1.80. The smallest absolute Gasteiger partial charge is 0.232 e. The van der Waals surface area contributed by atoms with E-state index in [1.165, 1.54) is 0 Å². The molecule has 88 valence electrons. The summed E-state index contributed by atoms with van der Waals surface area (Å²) in [6, 6.07) is 9.34. The molecule has 1 N–H and O–H groups in total. The molecule has 0 unspecified atom stereocenters. The second-order valence-electron chi connectivity index (χ2n) is 3.79. The first-order valence-electron chi connectivity index (χ1n) is 5.23. The minimum Gasteiger partial charge on any atom is -0.469 e. The highest BCUT2D eigenvalue weighted by molar-refractivity contribution is 9.10. The minimum absolute atomic E-state index is 0.0931. The average Bonchev–Trinajstić information content (AvgIpc) is 2.75. The lowest BCUT2D eigenvalue weighted by Gasteiger charge is -2.07. The highest BCUT2D eigenvalue weighted by Gasteiger charge is 2.08. The van der Waals surface area contributed by atoms with Crippen molar-refractivity contribution in [1.82, 2.24) is 0 Å². The van der Waals surface area contributed by atoms with E-state index in [1.54, 1.807) is 18.4 Å². The number of amides is 1. The van der Waals surface area contributed by atoms with Gasteiger partial charge in [-0.2, -0.15) is 0 Å². The molecule has 2 rings (SSSR count). The molecule has 0 aliphatic heterocycles. The van der Waals surface area contributed by atoms with E-state index in [0.717, 1.165) is 15.7 Å². The van der Waals surface area contributed by atoms with Crippen LogP contribution in [0.15, 0.2) is 45.5 Å². The molecule has 0 spiro atoms. The average molecular weight is 294 g/mol. The maximum Gasteiger partial charge on any atom is 0.232 e. The van der Waals surface area contributed by atoms with Crippen LogP contribution in [0.1, 0.15) is 11.3 Å². The molecule has 1 aromatic heterocycles. The Morgan fingerprint density at radius 2 is 2.24 bits per heavy atom. The van der Waals surface area contributed by atoms with Gasteiger partial charge in [-0.3, -0.25) is 4.79 Å². The molecule has 0 atom stereocenters. The van der Waals surface area contributed by atoms with E-state index in [0.29, 0.717) is 5.76 Å². The Hall–Kier alpha value is -1.55. The summed E-state index contributed by atoms with van der Waals surface area (Å²) in [5, 5.41) is 2.83. The number of nitrogens with one attached hydrogen (secondary N) is 1. The Bertz CT molecular complexity index is 520. The van der Waals surface area contributed by atoms with Gasteiger partial charge < -0.3 is 9.73 Å². The maximum absolute atomic E-state index is 11.7. The molecular formula is C13H12BrNO2. The van der Waals surface area contributed by atoms with E-state index in [1.807, 2.05) is 25.1 Å². The third-order valence-electron chi connectivity index (χ3n) is 2.31. The van der Waals surface area contributed by atoms with Crippen LogP contribution >= 0.6 is 15.9 Å². The zero-order chi connectivity index (χ0) is 12.3. The van der Waals surface area contributed by atoms with Crippen molar-refractivity contribution < 1.29 is 9.21 Å². The number of halogens is 1. The van der Waals surface area contributed by atoms with Crippen molar-refractivity contribution >= 4 is 27.5 Å². The van der Waals surface area contributed by atoms with Crippen molar-refractivity contribution in [1.29, 1.82) is 0 Å². The summed E-state index contributed by atoms with van der Waals surface area (Å²) < 4.78 is 6.00. The third kappa shape index (κ3) is 3.20. The first-order chi connectivity index (χ1) is 8.15. The van der Waals surface area contributed by atoms with Crippen molar-refractivity contribution in [2.75, 3.05) is 5.32 Å². The maximum atomic E-state index is 11.7. The molecule has 0 saturated heterocycles.